The number of hydrogen-bond donors (Lipinski definition) is 0. The second-order valence-electron chi connectivity index (χ2n) is 5.15. The SMILES string of the molecule is O=C(/C=C/c1c(F)cccc1Cl)OCN1C(=O)c2ccccc2C1=O. The average Bonchev–Trinajstić information content (AvgIpc) is 2.84. The van der Waals surface area contributed by atoms with Gasteiger partial charge in [0.1, 0.15) is 5.82 Å². The molecule has 0 atom stereocenters. The van der Waals surface area contributed by atoms with Crippen molar-refractivity contribution in [3.63, 3.8) is 0 Å². The summed E-state index contributed by atoms with van der Waals surface area (Å²) in [5, 5.41) is 0.143. The Morgan fingerprint density at radius 3 is 2.32 bits per heavy atom. The molecule has 25 heavy (non-hydrogen) atoms. The normalized spacial score (nSPS) is 13.4. The maximum absolute atomic E-state index is 13.6. The Hall–Kier alpha value is -2.99. The number of rotatable bonds is 4. The van der Waals surface area contributed by atoms with Crippen LogP contribution in [-0.2, 0) is 9.53 Å². The quantitative estimate of drug-likeness (QED) is 0.477. The van der Waals surface area contributed by atoms with E-state index in [9.17, 15) is 18.8 Å². The zero-order chi connectivity index (χ0) is 18.0. The molecule has 3 rings (SSSR count). The lowest BCUT2D eigenvalue weighted by Gasteiger charge is -2.12. The van der Waals surface area contributed by atoms with Crippen molar-refractivity contribution >= 4 is 35.5 Å². The van der Waals surface area contributed by atoms with E-state index >= 15 is 0 Å². The summed E-state index contributed by atoms with van der Waals surface area (Å²) in [5.74, 6) is -2.49. The molecule has 0 N–H and O–H groups in total. The summed E-state index contributed by atoms with van der Waals surface area (Å²) in [6, 6.07) is 10.5. The highest BCUT2D eigenvalue weighted by molar-refractivity contribution is 6.32. The van der Waals surface area contributed by atoms with Crippen molar-refractivity contribution in [2.45, 2.75) is 0 Å². The molecule has 0 saturated heterocycles. The van der Waals surface area contributed by atoms with Crippen LogP contribution in [0.1, 0.15) is 26.3 Å². The van der Waals surface area contributed by atoms with Crippen LogP contribution in [-0.4, -0.2) is 29.4 Å². The number of fused-ring (bicyclic) bond motifs is 1. The predicted octanol–water partition coefficient (Wildman–Crippen LogP) is 3.29. The number of imide groups is 1. The van der Waals surface area contributed by atoms with Crippen molar-refractivity contribution < 1.29 is 23.5 Å². The third kappa shape index (κ3) is 3.29. The van der Waals surface area contributed by atoms with Crippen molar-refractivity contribution in [2.75, 3.05) is 6.73 Å². The smallest absolute Gasteiger partial charge is 0.332 e. The van der Waals surface area contributed by atoms with Crippen molar-refractivity contribution in [2.24, 2.45) is 0 Å². The van der Waals surface area contributed by atoms with E-state index in [-0.39, 0.29) is 21.7 Å². The van der Waals surface area contributed by atoms with Gasteiger partial charge in [-0.15, -0.1) is 0 Å². The molecule has 2 aromatic rings. The van der Waals surface area contributed by atoms with Crippen LogP contribution in [0.5, 0.6) is 0 Å². The molecule has 1 heterocycles. The fraction of sp³-hybridized carbons (Fsp3) is 0.0556. The first-order chi connectivity index (χ1) is 12.0. The van der Waals surface area contributed by atoms with Crippen LogP contribution >= 0.6 is 11.6 Å². The molecule has 1 aliphatic heterocycles. The largest absolute Gasteiger partial charge is 0.441 e. The number of carbonyl (C=O) groups is 3. The summed E-state index contributed by atoms with van der Waals surface area (Å²) < 4.78 is 18.5. The number of hydrogen-bond acceptors (Lipinski definition) is 4. The lowest BCUT2D eigenvalue weighted by Crippen LogP contribution is -2.32. The first-order valence-electron chi connectivity index (χ1n) is 7.23. The van der Waals surface area contributed by atoms with E-state index in [0.717, 1.165) is 11.0 Å². The van der Waals surface area contributed by atoms with Gasteiger partial charge in [-0.2, -0.15) is 0 Å². The fourth-order valence-electron chi connectivity index (χ4n) is 2.35. The molecule has 1 aliphatic rings. The highest BCUT2D eigenvalue weighted by Gasteiger charge is 2.35. The second kappa shape index (κ2) is 6.86. The predicted molar refractivity (Wildman–Crippen MR) is 88.3 cm³/mol. The molecular weight excluding hydrogens is 349 g/mol. The molecule has 0 aromatic heterocycles. The molecule has 0 aliphatic carbocycles. The van der Waals surface area contributed by atoms with Crippen LogP contribution in [0.2, 0.25) is 5.02 Å². The highest BCUT2D eigenvalue weighted by Crippen LogP contribution is 2.22. The van der Waals surface area contributed by atoms with E-state index < -0.39 is 30.3 Å². The van der Waals surface area contributed by atoms with Gasteiger partial charge in [0.25, 0.3) is 11.8 Å². The zero-order valence-electron chi connectivity index (χ0n) is 12.7. The number of nitrogens with zero attached hydrogens (tertiary/aromatic N) is 1. The van der Waals surface area contributed by atoms with Crippen LogP contribution in [0, 0.1) is 5.82 Å². The lowest BCUT2D eigenvalue weighted by atomic mass is 10.1. The summed E-state index contributed by atoms with van der Waals surface area (Å²) in [5.41, 5.74) is 0.566. The first-order valence-corrected chi connectivity index (χ1v) is 7.61. The Labute approximate surface area is 147 Å². The summed E-state index contributed by atoms with van der Waals surface area (Å²) in [7, 11) is 0. The van der Waals surface area contributed by atoms with E-state index in [1.807, 2.05) is 0 Å². The fourth-order valence-corrected chi connectivity index (χ4v) is 2.58. The Balaban J connectivity index is 1.65. The number of amides is 2. The van der Waals surface area contributed by atoms with Crippen molar-refractivity contribution in [3.8, 4) is 0 Å². The van der Waals surface area contributed by atoms with Crippen LogP contribution in [0.4, 0.5) is 4.39 Å². The molecule has 0 saturated carbocycles. The van der Waals surface area contributed by atoms with Gasteiger partial charge in [-0.1, -0.05) is 29.8 Å². The number of esters is 1. The van der Waals surface area contributed by atoms with Gasteiger partial charge < -0.3 is 4.74 Å². The molecule has 0 unspecified atom stereocenters. The molecule has 2 amide bonds. The van der Waals surface area contributed by atoms with Gasteiger partial charge in [-0.3, -0.25) is 9.59 Å². The van der Waals surface area contributed by atoms with Gasteiger partial charge in [-0.25, -0.2) is 14.1 Å². The minimum Gasteiger partial charge on any atom is -0.441 e. The second-order valence-corrected chi connectivity index (χ2v) is 5.55. The zero-order valence-corrected chi connectivity index (χ0v) is 13.5. The number of halogens is 2. The number of ether oxygens (including phenoxy) is 1. The first kappa shape index (κ1) is 16.9. The minimum absolute atomic E-state index is 0.0434. The Kier molecular flexibility index (Phi) is 4.63. The number of benzene rings is 2. The van der Waals surface area contributed by atoms with E-state index in [1.165, 1.54) is 36.4 Å². The van der Waals surface area contributed by atoms with Crippen molar-refractivity contribution in [3.05, 3.63) is 76.1 Å². The summed E-state index contributed by atoms with van der Waals surface area (Å²) in [4.78, 5) is 36.8. The molecule has 0 fully saturated rings. The van der Waals surface area contributed by atoms with Gasteiger partial charge in [0.2, 0.25) is 0 Å². The van der Waals surface area contributed by atoms with Gasteiger partial charge in [-0.05, 0) is 30.3 Å². The van der Waals surface area contributed by atoms with Crippen LogP contribution in [0.15, 0.2) is 48.5 Å². The van der Waals surface area contributed by atoms with Gasteiger partial charge in [0.15, 0.2) is 6.73 Å². The Bertz CT molecular complexity index is 854. The standard InChI is InChI=1S/C18H11ClFNO4/c19-14-6-3-7-15(20)13(14)8-9-16(22)25-10-21-17(23)11-4-1-2-5-12(11)18(21)24/h1-9H,10H2/b9-8+. The van der Waals surface area contributed by atoms with Crippen LogP contribution < -0.4 is 0 Å². The Morgan fingerprint density at radius 1 is 1.08 bits per heavy atom. The molecule has 7 heteroatoms. The van der Waals surface area contributed by atoms with E-state index in [0.29, 0.717) is 0 Å². The van der Waals surface area contributed by atoms with Crippen LogP contribution in [0.25, 0.3) is 6.08 Å². The van der Waals surface area contributed by atoms with Crippen molar-refractivity contribution in [1.29, 1.82) is 0 Å². The Morgan fingerprint density at radius 2 is 1.72 bits per heavy atom. The summed E-state index contributed by atoms with van der Waals surface area (Å²) >= 11 is 5.84. The third-order valence-corrected chi connectivity index (χ3v) is 3.93. The molecule has 0 spiro atoms. The van der Waals surface area contributed by atoms with E-state index in [2.05, 4.69) is 0 Å². The van der Waals surface area contributed by atoms with E-state index in [1.54, 1.807) is 12.1 Å². The topological polar surface area (TPSA) is 63.7 Å². The van der Waals surface area contributed by atoms with Gasteiger partial charge in [0, 0.05) is 11.6 Å². The number of carbonyl (C=O) groups excluding carboxylic acids is 3. The molecule has 126 valence electrons. The van der Waals surface area contributed by atoms with Crippen molar-refractivity contribution in [1.82, 2.24) is 4.90 Å². The lowest BCUT2D eigenvalue weighted by molar-refractivity contribution is -0.140. The third-order valence-electron chi connectivity index (χ3n) is 3.60. The minimum atomic E-state index is -0.837. The maximum atomic E-state index is 13.6. The van der Waals surface area contributed by atoms with E-state index in [4.69, 9.17) is 16.3 Å². The molecule has 0 bridgehead atoms. The summed E-state index contributed by atoms with van der Waals surface area (Å²) in [6.45, 7) is -0.527. The maximum Gasteiger partial charge on any atom is 0.332 e. The van der Waals surface area contributed by atoms with Crippen LogP contribution in [0.3, 0.4) is 0 Å². The molecule has 5 nitrogen and oxygen atoms in total. The molecule has 0 radical (unpaired) electrons. The average molecular weight is 360 g/mol. The monoisotopic (exact) mass is 359 g/mol. The van der Waals surface area contributed by atoms with Gasteiger partial charge >= 0.3 is 5.97 Å². The molecular formula is C18H11ClFNO4. The summed E-state index contributed by atoms with van der Waals surface area (Å²) in [6.07, 6.45) is 2.14. The highest BCUT2D eigenvalue weighted by atomic mass is 35.5. The van der Waals surface area contributed by atoms with Gasteiger partial charge in [0.05, 0.1) is 16.1 Å². The molecule has 2 aromatic carbocycles.